The molecule has 0 aliphatic heterocycles. The minimum atomic E-state index is -0.743. The average Bonchev–Trinajstić information content (AvgIpc) is 1.66. The molecule has 7 N–H and O–H groups in total. The summed E-state index contributed by atoms with van der Waals surface area (Å²) >= 11 is 0. The van der Waals surface area contributed by atoms with Gasteiger partial charge < -0.3 is 27.6 Å². The second-order valence-electron chi connectivity index (χ2n) is 29.2. The molecule has 686 valence electrons. The second-order valence-corrected chi connectivity index (χ2v) is 29.2. The van der Waals surface area contributed by atoms with Gasteiger partial charge in [-0.1, -0.05) is 68.9 Å². The number of pyridine rings is 5. The molecule has 10 heterocycles. The van der Waals surface area contributed by atoms with Crippen LogP contribution < -0.4 is 33.0 Å². The van der Waals surface area contributed by atoms with Gasteiger partial charge in [0.25, 0.3) is 17.7 Å². The maximum Gasteiger partial charge on any atom is 0.426 e. The van der Waals surface area contributed by atoms with Crippen LogP contribution in [0.5, 0.6) is 0 Å². The van der Waals surface area contributed by atoms with E-state index >= 15 is 0 Å². The number of nitrogens with one attached hydrogen (secondary N) is 5. The fraction of sp³-hybridized carbons (Fsp3) is 0.163. The van der Waals surface area contributed by atoms with Gasteiger partial charge in [-0.2, -0.15) is 45.5 Å². The average molecular weight is 1810 g/mol. The zero-order valence-corrected chi connectivity index (χ0v) is 72.2. The van der Waals surface area contributed by atoms with E-state index < -0.39 is 23.5 Å². The fourth-order valence-electron chi connectivity index (χ4n) is 13.2. The van der Waals surface area contributed by atoms with Crippen LogP contribution in [0.15, 0.2) is 244 Å². The lowest BCUT2D eigenvalue weighted by Gasteiger charge is -2.19. The molecule has 0 unspecified atom stereocenters. The summed E-state index contributed by atoms with van der Waals surface area (Å²) < 4.78 is 15.5. The van der Waals surface area contributed by atoms with Crippen molar-refractivity contribution in [3.05, 3.63) is 328 Å². The molecule has 31 heteroatoms. The molecule has 0 saturated carbocycles. The van der Waals surface area contributed by atoms with E-state index in [1.165, 1.54) is 25.2 Å². The Bertz CT molecular complexity index is 7130. The van der Waals surface area contributed by atoms with Crippen molar-refractivity contribution in [2.24, 2.45) is 5.84 Å². The number of ether oxygens (including phenoxy) is 1. The number of nitrogens with two attached hydrogens (primary N) is 1. The number of amides is 5. The highest BCUT2D eigenvalue weighted by molar-refractivity contribution is 5.95. The minimum Gasteiger partial charge on any atom is -0.443 e. The van der Waals surface area contributed by atoms with Gasteiger partial charge in [-0.15, -0.1) is 0 Å². The molecule has 0 saturated heterocycles. The van der Waals surface area contributed by atoms with Crippen LogP contribution in [0.25, 0.3) is 114 Å². The third-order valence-corrected chi connectivity index (χ3v) is 18.8. The number of fused-ring (bicyclic) bond motifs is 5. The van der Waals surface area contributed by atoms with E-state index in [1.54, 1.807) is 100 Å². The van der Waals surface area contributed by atoms with Crippen LogP contribution in [0.2, 0.25) is 0 Å². The van der Waals surface area contributed by atoms with E-state index in [9.17, 15) is 24.0 Å². The molecule has 0 bridgehead atoms. The number of benzene rings is 5. The lowest BCUT2D eigenvalue weighted by Crippen LogP contribution is -2.43. The lowest BCUT2D eigenvalue weighted by atomic mass is 10.2. The molecule has 5 aromatic carbocycles. The predicted molar refractivity (Wildman–Crippen MR) is 525 cm³/mol. The third-order valence-electron chi connectivity index (χ3n) is 18.8. The Hall–Kier alpha value is -18.4. The summed E-state index contributed by atoms with van der Waals surface area (Å²) in [5.41, 5.74) is 37.2. The molecule has 10 aromatic heterocycles. The molecular weight excluding hydrogens is 1700 g/mol. The van der Waals surface area contributed by atoms with E-state index in [-0.39, 0.29) is 61.3 Å². The first kappa shape index (κ1) is 109. The number of carbonyl (C=O) groups excluding carboxylic acids is 9. The van der Waals surface area contributed by atoms with E-state index in [4.69, 9.17) is 56.1 Å². The standard InChI is InChI=1S/C23H23N5O3.C20H17N5O2.C19H17N3.C18H15N5O.C17H13N3.2CO2.5CH4/c1-15-11-19-20(28(15)18-8-5-16(13-24)6-9-18)12-17(14-25-19)7-10-21(29)26-27-22(30)31-23(2,3)4;1-13-9-18-19(25(13)17-6-3-15(11-21)4-7-17)10-16(12-22-18)5-8-20(27)24-23-14(2)26;1-3-4-5-16-11-19-18(21-13-16)10-14(2)22(19)17-8-6-15(12-20)7-9-17;1-12-8-16-17(9-14(11-21-16)4-7-18(24)22-20)23(12)15-5-2-13(10-19)3-6-15;1-3-13-9-17-16(19-11-13)8-12(2)20(17)15-6-4-14(10-18)5-7-15;2*2-1-3;;;;;/h5-12,14H,1-4H3,(H,26,29)(H,27,30);3-10,12H,1-2H3,(H,23,26)(H,24,27);4-11,13H,3H2,1-2H3;2-9,11H,20H2,1H3,(H,22,24);3-9,11H,1H2,2H3;;;5*1H4/b10-7+;8-5+;5-4+;7-4+;;;;;;;;. The number of allylic oxidation sites excluding steroid dienone is 1. The van der Waals surface area contributed by atoms with E-state index in [2.05, 4.69) is 148 Å². The number of hydrazine groups is 3. The Morgan fingerprint density at radius 1 is 0.378 bits per heavy atom. The van der Waals surface area contributed by atoms with Gasteiger partial charge in [-0.05, 0) is 290 Å². The summed E-state index contributed by atoms with van der Waals surface area (Å²) in [6, 6.07) is 67.8. The van der Waals surface area contributed by atoms with Crippen molar-refractivity contribution in [2.75, 3.05) is 0 Å². The third kappa shape index (κ3) is 29.6. The predicted octanol–water partition coefficient (Wildman–Crippen LogP) is 18.9. The zero-order valence-electron chi connectivity index (χ0n) is 72.2. The summed E-state index contributed by atoms with van der Waals surface area (Å²) in [6.07, 6.45) is 24.4. The number of aromatic nitrogens is 10. The molecule has 0 spiro atoms. The van der Waals surface area contributed by atoms with Crippen LogP contribution >= 0.6 is 0 Å². The summed E-state index contributed by atoms with van der Waals surface area (Å²) in [4.78, 5) is 112. The van der Waals surface area contributed by atoms with Crippen molar-refractivity contribution in [3.63, 3.8) is 0 Å². The number of rotatable bonds is 14. The Morgan fingerprint density at radius 3 is 0.830 bits per heavy atom. The highest BCUT2D eigenvalue weighted by Crippen LogP contribution is 2.31. The van der Waals surface area contributed by atoms with E-state index in [0.717, 1.165) is 141 Å². The monoisotopic (exact) mass is 1810 g/mol. The molecule has 0 atom stereocenters. The van der Waals surface area contributed by atoms with Crippen molar-refractivity contribution in [1.29, 1.82) is 26.3 Å². The molecule has 135 heavy (non-hydrogen) atoms. The van der Waals surface area contributed by atoms with Gasteiger partial charge in [0.05, 0.1) is 113 Å². The summed E-state index contributed by atoms with van der Waals surface area (Å²) in [6.45, 7) is 22.5. The molecule has 0 radical (unpaired) electrons. The van der Waals surface area contributed by atoms with Crippen LogP contribution in [0.3, 0.4) is 0 Å². The van der Waals surface area contributed by atoms with Crippen molar-refractivity contribution in [1.82, 2.24) is 74.9 Å². The molecule has 0 aliphatic rings. The number of aryl methyl sites for hydroxylation is 5. The number of hydrogen-bond donors (Lipinski definition) is 6. The van der Waals surface area contributed by atoms with E-state index in [0.29, 0.717) is 33.4 Å². The molecule has 0 aliphatic carbocycles. The lowest BCUT2D eigenvalue weighted by molar-refractivity contribution is -0.193. The first-order valence-corrected chi connectivity index (χ1v) is 39.7. The molecule has 31 nitrogen and oxygen atoms in total. The van der Waals surface area contributed by atoms with Crippen LogP contribution in [0.4, 0.5) is 4.79 Å². The van der Waals surface area contributed by atoms with Gasteiger partial charge in [0, 0.05) is 113 Å². The molecule has 15 rings (SSSR count). The maximum absolute atomic E-state index is 12.0. The van der Waals surface area contributed by atoms with Crippen molar-refractivity contribution in [3.8, 4) is 58.8 Å². The SMILES string of the molecule is C.C.C.C.C.C=Cc1cnc2cc(C)n(-c3ccc(C#N)cc3)c2c1.CC(=O)NNC(=O)/C=C/c1cnc2cc(C)n(-c3ccc(C#N)cc3)c2c1.CC/C=C/c1cnc2cc(C)n(-c3ccc(C#N)cc3)c2c1.Cc1cc2ncc(/C=C/C(=O)NN)cc2n1-c1ccc(C#N)cc1.Cc1cc2ncc(/C=C/C(=O)NNC(=O)OC(C)(C)C)cc2n1-c1ccc(C#N)cc1.O=C=O.O=C=O. The molecule has 0 fully saturated rings. The quantitative estimate of drug-likeness (QED) is 0.0255. The Labute approximate surface area is 783 Å². The number of hydrogen-bond acceptors (Lipinski definition) is 21. The smallest absolute Gasteiger partial charge is 0.426 e. The zero-order chi connectivity index (χ0) is 94.1. The first-order valence-electron chi connectivity index (χ1n) is 39.7. The second kappa shape index (κ2) is 52.1. The number of nitriles is 5. The first-order chi connectivity index (χ1) is 62.5. The fourth-order valence-corrected chi connectivity index (χ4v) is 13.2. The van der Waals surface area contributed by atoms with Gasteiger partial charge >= 0.3 is 18.4 Å². The highest BCUT2D eigenvalue weighted by Gasteiger charge is 2.19. The van der Waals surface area contributed by atoms with Crippen molar-refractivity contribution < 1.29 is 47.9 Å². The maximum atomic E-state index is 12.0. The Kier molecular flexibility index (Phi) is 42.1. The highest BCUT2D eigenvalue weighted by atomic mass is 16.6. The largest absolute Gasteiger partial charge is 0.443 e. The van der Waals surface area contributed by atoms with Crippen LogP contribution in [0, 0.1) is 91.3 Å². The topological polar surface area (TPSA) is 457 Å². The van der Waals surface area contributed by atoms with Gasteiger partial charge in [-0.3, -0.25) is 65.8 Å². The number of nitrogens with zero attached hydrogens (tertiary/aromatic N) is 15. The van der Waals surface area contributed by atoms with Crippen LogP contribution in [-0.4, -0.2) is 95.4 Å². The van der Waals surface area contributed by atoms with Crippen molar-refractivity contribution in [2.45, 2.75) is 118 Å². The van der Waals surface area contributed by atoms with Gasteiger partial charge in [0.2, 0.25) is 5.91 Å². The van der Waals surface area contributed by atoms with E-state index in [1.807, 2.05) is 176 Å². The molecule has 15 aromatic rings. The minimum absolute atomic E-state index is 0. The molecular formula is C104H105N21O10. The Balaban J connectivity index is 0.000000346. The summed E-state index contributed by atoms with van der Waals surface area (Å²) in [5.74, 6) is 3.38. The van der Waals surface area contributed by atoms with Gasteiger partial charge in [-0.25, -0.2) is 16.1 Å². The van der Waals surface area contributed by atoms with Gasteiger partial charge in [0.15, 0.2) is 0 Å². The summed E-state index contributed by atoms with van der Waals surface area (Å²) in [5, 5.41) is 44.7. The van der Waals surface area contributed by atoms with Crippen LogP contribution in [-0.2, 0) is 43.1 Å². The number of carbonyl (C=O) groups is 5. The summed E-state index contributed by atoms with van der Waals surface area (Å²) in [7, 11) is 0. The molecule has 5 amide bonds. The van der Waals surface area contributed by atoms with Crippen molar-refractivity contribution >= 4 is 128 Å². The normalized spacial score (nSPS) is 10.1. The van der Waals surface area contributed by atoms with Gasteiger partial charge in [0.1, 0.15) is 5.60 Å². The van der Waals surface area contributed by atoms with Crippen LogP contribution in [0.1, 0.15) is 162 Å². The Morgan fingerprint density at radius 2 is 0.607 bits per heavy atom.